The summed E-state index contributed by atoms with van der Waals surface area (Å²) >= 11 is 1.76. The number of aliphatic carboxylic acids is 1. The molecule has 4 heteroatoms. The molecule has 2 N–H and O–H groups in total. The highest BCUT2D eigenvalue weighted by molar-refractivity contribution is 8.01. The predicted molar refractivity (Wildman–Crippen MR) is 55.2 cm³/mol. The number of thioether (sulfide) groups is 1. The van der Waals surface area contributed by atoms with Gasteiger partial charge in [0.1, 0.15) is 6.04 Å². The molecule has 1 aliphatic rings. The Morgan fingerprint density at radius 1 is 1.54 bits per heavy atom. The third-order valence-corrected chi connectivity index (χ3v) is 3.45. The van der Waals surface area contributed by atoms with E-state index in [1.165, 1.54) is 0 Å². The minimum Gasteiger partial charge on any atom is -0.480 e. The lowest BCUT2D eigenvalue weighted by atomic mass is 10.2. The average Bonchev–Trinajstić information content (AvgIpc) is 2.31. The summed E-state index contributed by atoms with van der Waals surface area (Å²) in [5, 5.41) is 12.1. The monoisotopic (exact) mass is 203 g/mol. The maximum absolute atomic E-state index is 10.8. The van der Waals surface area contributed by atoms with E-state index >= 15 is 0 Å². The fourth-order valence-corrected chi connectivity index (χ4v) is 3.00. The first-order chi connectivity index (χ1) is 5.90. The Kier molecular flexibility index (Phi) is 3.24. The van der Waals surface area contributed by atoms with E-state index in [1.807, 2.05) is 0 Å². The zero-order chi connectivity index (χ0) is 10.1. The lowest BCUT2D eigenvalue weighted by Gasteiger charge is -2.24. The first-order valence-electron chi connectivity index (χ1n) is 4.54. The van der Waals surface area contributed by atoms with Crippen molar-refractivity contribution in [2.24, 2.45) is 0 Å². The second-order valence-electron chi connectivity index (χ2n) is 4.33. The molecule has 1 aliphatic heterocycles. The minimum absolute atomic E-state index is 0.143. The number of hydrogen-bond acceptors (Lipinski definition) is 3. The van der Waals surface area contributed by atoms with E-state index in [9.17, 15) is 4.79 Å². The van der Waals surface area contributed by atoms with Crippen molar-refractivity contribution in [2.45, 2.75) is 43.2 Å². The van der Waals surface area contributed by atoms with Crippen LogP contribution in [0.2, 0.25) is 0 Å². The first-order valence-corrected chi connectivity index (χ1v) is 5.42. The molecule has 0 bridgehead atoms. The topological polar surface area (TPSA) is 49.3 Å². The van der Waals surface area contributed by atoms with Gasteiger partial charge in [0.15, 0.2) is 0 Å². The van der Waals surface area contributed by atoms with Crippen LogP contribution in [0.1, 0.15) is 27.2 Å². The fraction of sp³-hybridized carbons (Fsp3) is 0.889. The summed E-state index contributed by atoms with van der Waals surface area (Å²) in [6.07, 6.45) is 0.957. The Labute approximate surface area is 83.3 Å². The molecule has 1 rings (SSSR count). The van der Waals surface area contributed by atoms with E-state index in [4.69, 9.17) is 5.11 Å². The van der Waals surface area contributed by atoms with Gasteiger partial charge in [0.05, 0.1) is 0 Å². The molecule has 0 aliphatic carbocycles. The molecule has 0 aromatic carbocycles. The molecule has 0 aromatic heterocycles. The van der Waals surface area contributed by atoms with Crippen LogP contribution in [0.5, 0.6) is 0 Å². The maximum atomic E-state index is 10.8. The van der Waals surface area contributed by atoms with E-state index in [1.54, 1.807) is 11.8 Å². The van der Waals surface area contributed by atoms with Gasteiger partial charge in [-0.05, 0) is 13.0 Å². The standard InChI is InChI=1S/C9H17NO2S/c1-9(2,3)13-6-4-5-10-7(6)8(11)12/h6-7,10H,4-5H2,1-3H3,(H,11,12)/t6-,7-/m0/s1. The Morgan fingerprint density at radius 2 is 2.15 bits per heavy atom. The number of carboxylic acid groups (broad SMARTS) is 1. The van der Waals surface area contributed by atoms with Crippen LogP contribution in [0.15, 0.2) is 0 Å². The Hall–Kier alpha value is -0.220. The Bertz CT molecular complexity index is 200. The van der Waals surface area contributed by atoms with E-state index in [0.717, 1.165) is 13.0 Å². The van der Waals surface area contributed by atoms with Gasteiger partial charge in [0.25, 0.3) is 0 Å². The van der Waals surface area contributed by atoms with Gasteiger partial charge in [-0.3, -0.25) is 4.79 Å². The van der Waals surface area contributed by atoms with Crippen LogP contribution in [0.3, 0.4) is 0 Å². The number of nitrogens with one attached hydrogen (secondary N) is 1. The molecule has 0 saturated carbocycles. The molecule has 0 amide bonds. The molecule has 0 aromatic rings. The van der Waals surface area contributed by atoms with Crippen molar-refractivity contribution in [2.75, 3.05) is 6.54 Å². The second kappa shape index (κ2) is 3.88. The summed E-state index contributed by atoms with van der Waals surface area (Å²) in [5.41, 5.74) is 0. The van der Waals surface area contributed by atoms with Gasteiger partial charge in [-0.15, -0.1) is 0 Å². The summed E-state index contributed by atoms with van der Waals surface area (Å²) in [6.45, 7) is 7.18. The van der Waals surface area contributed by atoms with E-state index < -0.39 is 5.97 Å². The molecular weight excluding hydrogens is 186 g/mol. The van der Waals surface area contributed by atoms with Gasteiger partial charge in [-0.2, -0.15) is 11.8 Å². The molecule has 1 heterocycles. The number of hydrogen-bond donors (Lipinski definition) is 2. The fourth-order valence-electron chi connectivity index (χ4n) is 1.51. The summed E-state index contributed by atoms with van der Waals surface area (Å²) in [4.78, 5) is 10.8. The van der Waals surface area contributed by atoms with Gasteiger partial charge in [-0.25, -0.2) is 0 Å². The highest BCUT2D eigenvalue weighted by Crippen LogP contribution is 2.33. The number of carboxylic acids is 1. The van der Waals surface area contributed by atoms with Crippen molar-refractivity contribution < 1.29 is 9.90 Å². The zero-order valence-electron chi connectivity index (χ0n) is 8.33. The molecule has 2 atom stereocenters. The van der Waals surface area contributed by atoms with Crippen LogP contribution < -0.4 is 5.32 Å². The normalized spacial score (nSPS) is 29.2. The average molecular weight is 203 g/mol. The van der Waals surface area contributed by atoms with Crippen LogP contribution in [-0.4, -0.2) is 33.7 Å². The lowest BCUT2D eigenvalue weighted by molar-refractivity contribution is -0.138. The molecule has 1 saturated heterocycles. The summed E-state index contributed by atoms with van der Waals surface area (Å²) in [5.74, 6) is -0.723. The third-order valence-electron chi connectivity index (χ3n) is 1.94. The Balaban J connectivity index is 2.54. The van der Waals surface area contributed by atoms with E-state index in [-0.39, 0.29) is 16.0 Å². The van der Waals surface area contributed by atoms with Crippen molar-refractivity contribution in [1.82, 2.24) is 5.32 Å². The smallest absolute Gasteiger partial charge is 0.321 e. The van der Waals surface area contributed by atoms with Gasteiger partial charge in [0.2, 0.25) is 0 Å². The maximum Gasteiger partial charge on any atom is 0.321 e. The van der Waals surface area contributed by atoms with Crippen molar-refractivity contribution in [1.29, 1.82) is 0 Å². The van der Waals surface area contributed by atoms with Gasteiger partial charge >= 0.3 is 5.97 Å². The van der Waals surface area contributed by atoms with Crippen molar-refractivity contribution in [3.63, 3.8) is 0 Å². The highest BCUT2D eigenvalue weighted by Gasteiger charge is 2.35. The van der Waals surface area contributed by atoms with Crippen LogP contribution in [0.25, 0.3) is 0 Å². The molecule has 3 nitrogen and oxygen atoms in total. The van der Waals surface area contributed by atoms with Crippen LogP contribution in [0, 0.1) is 0 Å². The van der Waals surface area contributed by atoms with Gasteiger partial charge in [0, 0.05) is 10.00 Å². The quantitative estimate of drug-likeness (QED) is 0.711. The molecule has 0 spiro atoms. The van der Waals surface area contributed by atoms with Crippen molar-refractivity contribution in [3.05, 3.63) is 0 Å². The summed E-state index contributed by atoms with van der Waals surface area (Å²) in [6, 6.07) is -0.357. The largest absolute Gasteiger partial charge is 0.480 e. The molecule has 0 radical (unpaired) electrons. The molecule has 1 fully saturated rings. The zero-order valence-corrected chi connectivity index (χ0v) is 9.15. The first kappa shape index (κ1) is 10.9. The van der Waals surface area contributed by atoms with Gasteiger partial charge < -0.3 is 10.4 Å². The molecule has 0 unspecified atom stereocenters. The van der Waals surface area contributed by atoms with Gasteiger partial charge in [-0.1, -0.05) is 20.8 Å². The second-order valence-corrected chi connectivity index (χ2v) is 6.39. The SMILES string of the molecule is CC(C)(C)S[C@H]1CCN[C@@H]1C(=O)O. The highest BCUT2D eigenvalue weighted by atomic mass is 32.2. The molecular formula is C9H17NO2S. The minimum atomic E-state index is -0.723. The lowest BCUT2D eigenvalue weighted by Crippen LogP contribution is -2.38. The number of carbonyl (C=O) groups is 1. The number of rotatable bonds is 2. The molecule has 13 heavy (non-hydrogen) atoms. The summed E-state index contributed by atoms with van der Waals surface area (Å²) in [7, 11) is 0. The Morgan fingerprint density at radius 3 is 2.62 bits per heavy atom. The van der Waals surface area contributed by atoms with Crippen LogP contribution >= 0.6 is 11.8 Å². The predicted octanol–water partition coefficient (Wildman–Crippen LogP) is 1.33. The van der Waals surface area contributed by atoms with E-state index in [2.05, 4.69) is 26.1 Å². The van der Waals surface area contributed by atoms with Crippen LogP contribution in [-0.2, 0) is 4.79 Å². The summed E-state index contributed by atoms with van der Waals surface area (Å²) < 4.78 is 0.143. The third kappa shape index (κ3) is 3.19. The van der Waals surface area contributed by atoms with Crippen LogP contribution in [0.4, 0.5) is 0 Å². The van der Waals surface area contributed by atoms with Crippen molar-refractivity contribution in [3.8, 4) is 0 Å². The molecule has 76 valence electrons. The van der Waals surface area contributed by atoms with Crippen molar-refractivity contribution >= 4 is 17.7 Å². The van der Waals surface area contributed by atoms with E-state index in [0.29, 0.717) is 0 Å².